The smallest absolute Gasteiger partial charge is 0.462 e. The van der Waals surface area contributed by atoms with Gasteiger partial charge in [0.05, 0.1) is 26.4 Å². The van der Waals surface area contributed by atoms with Crippen molar-refractivity contribution in [2.45, 2.75) is 414 Å². The lowest BCUT2D eigenvalue weighted by Gasteiger charge is -2.21. The summed E-state index contributed by atoms with van der Waals surface area (Å²) in [6.07, 6.45) is 53.1. The maximum absolute atomic E-state index is 13.1. The van der Waals surface area contributed by atoms with Crippen LogP contribution in [0.2, 0.25) is 0 Å². The van der Waals surface area contributed by atoms with E-state index in [0.29, 0.717) is 37.5 Å². The van der Waals surface area contributed by atoms with E-state index in [2.05, 4.69) is 55.4 Å². The first-order valence-electron chi connectivity index (χ1n) is 40.2. The minimum Gasteiger partial charge on any atom is -0.462 e. The third kappa shape index (κ3) is 70.9. The zero-order chi connectivity index (χ0) is 71.7. The Morgan fingerprint density at radius 2 is 0.495 bits per heavy atom. The van der Waals surface area contributed by atoms with Crippen LogP contribution in [0.25, 0.3) is 0 Å². The Kier molecular flexibility index (Phi) is 65.9. The molecule has 97 heavy (non-hydrogen) atoms. The SMILES string of the molecule is CCC(C)CCCCCCCCCCCCCCCCCCCCC(=O)OC[C@H](COP(=O)(O)OCC(O)COP(=O)(O)OC[C@@H](COC(=O)CCCCCCCCCC(C)C)OC(=O)CCCCCCCCCCCCCCCC(C)C)OC(=O)CCCCCCCCC(C)C. The fraction of sp³-hybridized carbons (Fsp3) is 0.949. The predicted molar refractivity (Wildman–Crippen MR) is 395 cm³/mol. The molecule has 0 amide bonds. The molecule has 0 aliphatic heterocycles. The number of hydrogen-bond donors (Lipinski definition) is 3. The van der Waals surface area contributed by atoms with Crippen molar-refractivity contribution in [2.24, 2.45) is 23.7 Å². The van der Waals surface area contributed by atoms with Gasteiger partial charge in [0.1, 0.15) is 19.3 Å². The van der Waals surface area contributed by atoms with Gasteiger partial charge in [0, 0.05) is 25.7 Å². The highest BCUT2D eigenvalue weighted by atomic mass is 31.2. The van der Waals surface area contributed by atoms with E-state index in [0.717, 1.165) is 108 Å². The van der Waals surface area contributed by atoms with E-state index < -0.39 is 97.5 Å². The van der Waals surface area contributed by atoms with Crippen LogP contribution in [0.3, 0.4) is 0 Å². The van der Waals surface area contributed by atoms with E-state index in [4.69, 9.17) is 37.0 Å². The van der Waals surface area contributed by atoms with E-state index in [1.165, 1.54) is 193 Å². The molecule has 0 spiro atoms. The number of ether oxygens (including phenoxy) is 4. The summed E-state index contributed by atoms with van der Waals surface area (Å²) >= 11 is 0. The van der Waals surface area contributed by atoms with Gasteiger partial charge in [-0.25, -0.2) is 9.13 Å². The van der Waals surface area contributed by atoms with Gasteiger partial charge in [-0.05, 0) is 49.4 Å². The molecule has 3 N–H and O–H groups in total. The number of phosphoric ester groups is 2. The predicted octanol–water partition coefficient (Wildman–Crippen LogP) is 22.8. The minimum absolute atomic E-state index is 0.102. The first-order chi connectivity index (χ1) is 46.6. The second-order valence-electron chi connectivity index (χ2n) is 29.8. The van der Waals surface area contributed by atoms with Gasteiger partial charge in [-0.15, -0.1) is 0 Å². The molecule has 17 nitrogen and oxygen atoms in total. The van der Waals surface area contributed by atoms with Gasteiger partial charge in [0.25, 0.3) is 0 Å². The Labute approximate surface area is 594 Å². The van der Waals surface area contributed by atoms with Gasteiger partial charge in [-0.3, -0.25) is 37.3 Å². The monoisotopic (exact) mass is 1420 g/mol. The minimum atomic E-state index is -4.96. The summed E-state index contributed by atoms with van der Waals surface area (Å²) in [5, 5.41) is 10.6. The summed E-state index contributed by atoms with van der Waals surface area (Å²) in [6.45, 7) is 14.1. The number of phosphoric acid groups is 2. The number of aliphatic hydroxyl groups is 1. The van der Waals surface area contributed by atoms with Crippen molar-refractivity contribution < 1.29 is 80.2 Å². The number of unbranched alkanes of at least 4 members (excludes halogenated alkanes) is 40. The number of carbonyl (C=O) groups excluding carboxylic acids is 4. The average Bonchev–Trinajstić information content (AvgIpc) is 1.15. The molecule has 0 heterocycles. The Hall–Kier alpha value is -1.94. The molecule has 4 unspecified atom stereocenters. The lowest BCUT2D eigenvalue weighted by atomic mass is 9.99. The highest BCUT2D eigenvalue weighted by Crippen LogP contribution is 2.45. The van der Waals surface area contributed by atoms with Crippen LogP contribution in [0, 0.1) is 23.7 Å². The molecule has 0 saturated carbocycles. The molecule has 0 radical (unpaired) electrons. The van der Waals surface area contributed by atoms with Crippen LogP contribution in [-0.4, -0.2) is 96.7 Å². The van der Waals surface area contributed by atoms with Crippen molar-refractivity contribution in [3.63, 3.8) is 0 Å². The third-order valence-electron chi connectivity index (χ3n) is 18.4. The summed E-state index contributed by atoms with van der Waals surface area (Å²) in [7, 11) is -9.91. The van der Waals surface area contributed by atoms with Gasteiger partial charge in [0.2, 0.25) is 0 Å². The van der Waals surface area contributed by atoms with Crippen molar-refractivity contribution >= 4 is 39.5 Å². The van der Waals surface area contributed by atoms with Crippen LogP contribution in [0.4, 0.5) is 0 Å². The second-order valence-corrected chi connectivity index (χ2v) is 32.7. The second kappa shape index (κ2) is 67.2. The molecule has 19 heteroatoms. The molecule has 0 rings (SSSR count). The molecule has 0 aliphatic carbocycles. The molecule has 576 valence electrons. The van der Waals surface area contributed by atoms with E-state index in [1.54, 1.807) is 0 Å². The third-order valence-corrected chi connectivity index (χ3v) is 20.3. The molecule has 0 fully saturated rings. The number of hydrogen-bond acceptors (Lipinski definition) is 15. The first kappa shape index (κ1) is 95.1. The van der Waals surface area contributed by atoms with Crippen molar-refractivity contribution in [3.05, 3.63) is 0 Å². The molecule has 0 aliphatic rings. The molecule has 0 saturated heterocycles. The highest BCUT2D eigenvalue weighted by molar-refractivity contribution is 7.47. The maximum atomic E-state index is 13.1. The van der Waals surface area contributed by atoms with Gasteiger partial charge in [0.15, 0.2) is 12.2 Å². The summed E-state index contributed by atoms with van der Waals surface area (Å²) in [5.74, 6) is 0.910. The van der Waals surface area contributed by atoms with E-state index in [9.17, 15) is 43.2 Å². The fourth-order valence-electron chi connectivity index (χ4n) is 11.9. The number of esters is 4. The Morgan fingerprint density at radius 1 is 0.289 bits per heavy atom. The van der Waals surface area contributed by atoms with E-state index >= 15 is 0 Å². The molecule has 0 aromatic heterocycles. The van der Waals surface area contributed by atoms with Gasteiger partial charge < -0.3 is 33.8 Å². The lowest BCUT2D eigenvalue weighted by Crippen LogP contribution is -2.30. The van der Waals surface area contributed by atoms with E-state index in [-0.39, 0.29) is 25.7 Å². The fourth-order valence-corrected chi connectivity index (χ4v) is 13.5. The molecular weight excluding hydrogens is 1270 g/mol. The topological polar surface area (TPSA) is 237 Å². The van der Waals surface area contributed by atoms with Crippen molar-refractivity contribution in [2.75, 3.05) is 39.6 Å². The Balaban J connectivity index is 5.11. The van der Waals surface area contributed by atoms with Gasteiger partial charge >= 0.3 is 39.5 Å². The van der Waals surface area contributed by atoms with Crippen LogP contribution >= 0.6 is 15.6 Å². The van der Waals surface area contributed by atoms with Crippen LogP contribution in [0.15, 0.2) is 0 Å². The number of carbonyl (C=O) groups is 4. The standard InChI is InChI=1S/C78H152O17P2/c1-9-71(8)57-49-41-32-26-22-18-14-12-10-11-13-15-19-23-27-33-42-50-58-75(80)88-65-74(95-78(83)61-53-45-37-36-40-48-56-70(6)7)67-93-97(86,87)91-63-72(79)62-90-96(84,85)92-66-73(64-89-76(81)59-51-43-35-29-31-39-47-55-69(4)5)94-77(82)60-52-44-34-28-24-20-16-17-21-25-30-38-46-54-68(2)3/h68-74,79H,9-67H2,1-8H3,(H,84,85)(H,86,87)/t71?,72?,73-,74-/m1/s1. The average molecular weight is 1420 g/mol. The molecule has 6 atom stereocenters. The van der Waals surface area contributed by atoms with Gasteiger partial charge in [-0.1, -0.05) is 344 Å². The van der Waals surface area contributed by atoms with Crippen LogP contribution in [-0.2, 0) is 65.4 Å². The van der Waals surface area contributed by atoms with Crippen molar-refractivity contribution in [1.82, 2.24) is 0 Å². The molecule has 0 bridgehead atoms. The zero-order valence-corrected chi connectivity index (χ0v) is 65.5. The maximum Gasteiger partial charge on any atom is 0.472 e. The Bertz CT molecular complexity index is 1900. The molecular formula is C78H152O17P2. The summed E-state index contributed by atoms with van der Waals surface area (Å²) in [5.41, 5.74) is 0. The molecule has 0 aromatic carbocycles. The zero-order valence-electron chi connectivity index (χ0n) is 63.7. The van der Waals surface area contributed by atoms with Crippen molar-refractivity contribution in [3.8, 4) is 0 Å². The molecule has 0 aromatic rings. The number of aliphatic hydroxyl groups excluding tert-OH is 1. The largest absolute Gasteiger partial charge is 0.472 e. The Morgan fingerprint density at radius 3 is 0.732 bits per heavy atom. The van der Waals surface area contributed by atoms with E-state index in [1.807, 2.05) is 0 Å². The van der Waals surface area contributed by atoms with Crippen LogP contribution in [0.5, 0.6) is 0 Å². The summed E-state index contributed by atoms with van der Waals surface area (Å²) in [4.78, 5) is 72.8. The normalized spacial score (nSPS) is 14.4. The summed E-state index contributed by atoms with van der Waals surface area (Å²) < 4.78 is 68.5. The van der Waals surface area contributed by atoms with Gasteiger partial charge in [-0.2, -0.15) is 0 Å². The quantitative estimate of drug-likeness (QED) is 0.0222. The summed E-state index contributed by atoms with van der Waals surface area (Å²) in [6, 6.07) is 0. The van der Waals surface area contributed by atoms with Crippen LogP contribution < -0.4 is 0 Å². The lowest BCUT2D eigenvalue weighted by molar-refractivity contribution is -0.161. The van der Waals surface area contributed by atoms with Crippen molar-refractivity contribution in [1.29, 1.82) is 0 Å². The highest BCUT2D eigenvalue weighted by Gasteiger charge is 2.30. The first-order valence-corrected chi connectivity index (χ1v) is 43.2. The van der Waals surface area contributed by atoms with Crippen LogP contribution in [0.1, 0.15) is 396 Å². The number of rotatable bonds is 75.